The fourth-order valence-corrected chi connectivity index (χ4v) is 7.11. The lowest BCUT2D eigenvalue weighted by Gasteiger charge is -2.40. The smallest absolute Gasteiger partial charge is 0.334 e. The van der Waals surface area contributed by atoms with Crippen LogP contribution >= 0.6 is 0 Å². The molecule has 5 rings (SSSR count). The number of carbonyl (C=O) groups excluding carboxylic acids is 2. The normalized spacial score (nSPS) is 31.4. The van der Waals surface area contributed by atoms with Gasteiger partial charge in [-0.1, -0.05) is 6.92 Å². The van der Waals surface area contributed by atoms with Gasteiger partial charge in [-0.3, -0.25) is 29.0 Å². The van der Waals surface area contributed by atoms with Gasteiger partial charge >= 0.3 is 11.7 Å². The zero-order chi connectivity index (χ0) is 28.2. The largest absolute Gasteiger partial charge is 0.494 e. The molecule has 3 heterocycles. The SMILES string of the molecule is CC1CC(Cn2c(O)c(C(=N)N)c(=O)n(C3CCC(C[C@@]4(C)C(=O)N(C)C(=O)N4CC4COC4)CC3)c2=O)C1. The van der Waals surface area contributed by atoms with Crippen LogP contribution in [-0.2, 0) is 16.1 Å². The molecule has 4 N–H and O–H groups in total. The quantitative estimate of drug-likeness (QED) is 0.253. The molecule has 2 aliphatic carbocycles. The summed E-state index contributed by atoms with van der Waals surface area (Å²) in [4.78, 5) is 55.8. The summed E-state index contributed by atoms with van der Waals surface area (Å²) in [6, 6.07) is -0.678. The van der Waals surface area contributed by atoms with E-state index in [1.165, 1.54) is 21.1 Å². The van der Waals surface area contributed by atoms with Crippen molar-refractivity contribution in [2.45, 2.75) is 76.9 Å². The van der Waals surface area contributed by atoms with Crippen molar-refractivity contribution < 1.29 is 19.4 Å². The van der Waals surface area contributed by atoms with E-state index in [1.807, 2.05) is 6.92 Å². The number of carbonyl (C=O) groups is 2. The number of aromatic nitrogens is 2. The summed E-state index contributed by atoms with van der Waals surface area (Å²) in [6.45, 7) is 5.92. The highest BCUT2D eigenvalue weighted by Crippen LogP contribution is 2.41. The van der Waals surface area contributed by atoms with Gasteiger partial charge in [-0.2, -0.15) is 0 Å². The van der Waals surface area contributed by atoms with Gasteiger partial charge in [0.1, 0.15) is 16.9 Å². The van der Waals surface area contributed by atoms with E-state index in [4.69, 9.17) is 15.9 Å². The number of ether oxygens (including phenoxy) is 1. The van der Waals surface area contributed by atoms with Crippen molar-refractivity contribution in [2.24, 2.45) is 29.4 Å². The van der Waals surface area contributed by atoms with Gasteiger partial charge in [-0.25, -0.2) is 9.59 Å². The zero-order valence-corrected chi connectivity index (χ0v) is 23.0. The molecule has 1 aromatic rings. The van der Waals surface area contributed by atoms with Crippen LogP contribution < -0.4 is 17.0 Å². The van der Waals surface area contributed by atoms with Crippen molar-refractivity contribution in [3.05, 3.63) is 26.4 Å². The average Bonchev–Trinajstić information content (AvgIpc) is 2.98. The number of hydrogen-bond donors (Lipinski definition) is 3. The summed E-state index contributed by atoms with van der Waals surface area (Å²) in [5.74, 6) is -0.148. The fraction of sp³-hybridized carbons (Fsp3) is 0.741. The molecule has 4 fully saturated rings. The number of nitrogen functional groups attached to an aromatic ring is 1. The predicted octanol–water partition coefficient (Wildman–Crippen LogP) is 1.47. The first-order valence-corrected chi connectivity index (χ1v) is 14.0. The molecule has 2 aliphatic heterocycles. The van der Waals surface area contributed by atoms with Crippen molar-refractivity contribution >= 4 is 17.8 Å². The lowest BCUT2D eigenvalue weighted by molar-refractivity contribution is -0.133. The summed E-state index contributed by atoms with van der Waals surface area (Å²) >= 11 is 0. The second-order valence-corrected chi connectivity index (χ2v) is 12.4. The number of aromatic hydroxyl groups is 1. The van der Waals surface area contributed by atoms with Gasteiger partial charge in [0.05, 0.1) is 13.2 Å². The molecular weight excluding hydrogens is 504 g/mol. The number of rotatable bonds is 8. The Morgan fingerprint density at radius 1 is 1.05 bits per heavy atom. The van der Waals surface area contributed by atoms with Gasteiger partial charge in [0, 0.05) is 32.1 Å². The molecule has 12 nitrogen and oxygen atoms in total. The van der Waals surface area contributed by atoms with Crippen LogP contribution in [0.4, 0.5) is 4.79 Å². The number of likely N-dealkylation sites (N-methyl/N-ethyl adjacent to an activating group) is 1. The predicted molar refractivity (Wildman–Crippen MR) is 143 cm³/mol. The first-order chi connectivity index (χ1) is 18.4. The minimum absolute atomic E-state index is 0.133. The van der Waals surface area contributed by atoms with E-state index < -0.39 is 34.5 Å². The van der Waals surface area contributed by atoms with Crippen molar-refractivity contribution in [1.29, 1.82) is 5.41 Å². The van der Waals surface area contributed by atoms with Crippen LogP contribution in [0.2, 0.25) is 0 Å². The molecule has 0 radical (unpaired) electrons. The number of nitrogens with one attached hydrogen (secondary N) is 1. The molecular formula is C27H40N6O6. The van der Waals surface area contributed by atoms with Crippen LogP contribution in [0.5, 0.6) is 5.88 Å². The molecule has 0 aromatic carbocycles. The van der Waals surface area contributed by atoms with E-state index in [0.29, 0.717) is 57.8 Å². The van der Waals surface area contributed by atoms with Crippen LogP contribution in [0, 0.1) is 29.1 Å². The maximum atomic E-state index is 13.5. The Bertz CT molecular complexity index is 1290. The summed E-state index contributed by atoms with van der Waals surface area (Å²) in [5, 5.41) is 18.6. The molecule has 3 amide bonds. The van der Waals surface area contributed by atoms with Crippen molar-refractivity contribution in [2.75, 3.05) is 26.8 Å². The fourth-order valence-electron chi connectivity index (χ4n) is 7.11. The molecule has 0 spiro atoms. The molecule has 1 aromatic heterocycles. The molecule has 2 saturated carbocycles. The van der Waals surface area contributed by atoms with E-state index in [2.05, 4.69) is 6.92 Å². The number of nitrogens with zero attached hydrogens (tertiary/aromatic N) is 4. The zero-order valence-electron chi connectivity index (χ0n) is 23.0. The number of imide groups is 1. The highest BCUT2D eigenvalue weighted by atomic mass is 16.5. The highest BCUT2D eigenvalue weighted by molar-refractivity contribution is 6.06. The second kappa shape index (κ2) is 10.1. The third-order valence-electron chi connectivity index (χ3n) is 9.42. The molecule has 12 heteroatoms. The maximum Gasteiger partial charge on any atom is 0.334 e. The first-order valence-electron chi connectivity index (χ1n) is 14.0. The summed E-state index contributed by atoms with van der Waals surface area (Å²) < 4.78 is 7.66. The Balaban J connectivity index is 1.34. The summed E-state index contributed by atoms with van der Waals surface area (Å²) in [7, 11) is 1.52. The van der Waals surface area contributed by atoms with E-state index in [1.54, 1.807) is 4.90 Å². The lowest BCUT2D eigenvalue weighted by atomic mass is 9.76. The van der Waals surface area contributed by atoms with Gasteiger partial charge in [-0.15, -0.1) is 0 Å². The lowest BCUT2D eigenvalue weighted by Crippen LogP contribution is -2.52. The number of amidine groups is 1. The topological polar surface area (TPSA) is 164 Å². The Kier molecular flexibility index (Phi) is 7.11. The van der Waals surface area contributed by atoms with Gasteiger partial charge in [0.25, 0.3) is 11.5 Å². The van der Waals surface area contributed by atoms with Crippen LogP contribution in [0.25, 0.3) is 0 Å². The van der Waals surface area contributed by atoms with Crippen molar-refractivity contribution in [3.63, 3.8) is 0 Å². The molecule has 0 unspecified atom stereocenters. The standard InChI is InChI=1S/C27H40N6O6/c1-15-8-17(9-15)11-31-22(34)20(21(28)29)23(35)33(26(31)38)19-6-4-16(5-7-19)10-27(2)24(36)30(3)25(37)32(27)12-18-13-39-14-18/h15-19,34H,4-14H2,1-3H3,(H3,28,29)/t15?,16?,17?,19?,27-/m0/s1. The molecule has 1 atom stereocenters. The second-order valence-electron chi connectivity index (χ2n) is 12.4. The molecule has 2 saturated heterocycles. The summed E-state index contributed by atoms with van der Waals surface area (Å²) in [6.07, 6.45) is 4.80. The Morgan fingerprint density at radius 2 is 1.69 bits per heavy atom. The first kappa shape index (κ1) is 27.4. The van der Waals surface area contributed by atoms with Gasteiger partial charge in [0.15, 0.2) is 0 Å². The van der Waals surface area contributed by atoms with Crippen LogP contribution in [0.15, 0.2) is 9.59 Å². The van der Waals surface area contributed by atoms with Gasteiger partial charge in [-0.05, 0) is 69.6 Å². The van der Waals surface area contributed by atoms with Crippen LogP contribution in [0.1, 0.15) is 70.4 Å². The maximum absolute atomic E-state index is 13.5. The van der Waals surface area contributed by atoms with E-state index in [-0.39, 0.29) is 41.8 Å². The highest BCUT2D eigenvalue weighted by Gasteiger charge is 2.54. The van der Waals surface area contributed by atoms with E-state index in [0.717, 1.165) is 12.8 Å². The Hall–Kier alpha value is -3.15. The van der Waals surface area contributed by atoms with Crippen LogP contribution in [-0.4, -0.2) is 74.2 Å². The van der Waals surface area contributed by atoms with Crippen LogP contribution in [0.3, 0.4) is 0 Å². The van der Waals surface area contributed by atoms with E-state index in [9.17, 15) is 24.3 Å². The number of urea groups is 1. The average molecular weight is 545 g/mol. The van der Waals surface area contributed by atoms with Crippen molar-refractivity contribution in [1.82, 2.24) is 18.9 Å². The monoisotopic (exact) mass is 544 g/mol. The Morgan fingerprint density at radius 3 is 2.23 bits per heavy atom. The van der Waals surface area contributed by atoms with Gasteiger partial charge in [0.2, 0.25) is 5.88 Å². The molecule has 0 bridgehead atoms. The van der Waals surface area contributed by atoms with Gasteiger partial charge < -0.3 is 20.5 Å². The molecule has 4 aliphatic rings. The third-order valence-corrected chi connectivity index (χ3v) is 9.42. The number of hydrogen-bond acceptors (Lipinski definition) is 7. The number of amides is 3. The molecule has 39 heavy (non-hydrogen) atoms. The molecule has 214 valence electrons. The Labute approximate surface area is 227 Å². The number of nitrogens with two attached hydrogens (primary N) is 1. The summed E-state index contributed by atoms with van der Waals surface area (Å²) in [5.41, 5.74) is 3.11. The minimum atomic E-state index is -0.942. The van der Waals surface area contributed by atoms with E-state index >= 15 is 0 Å². The third kappa shape index (κ3) is 4.66. The van der Waals surface area contributed by atoms with Crippen molar-refractivity contribution in [3.8, 4) is 5.88 Å². The minimum Gasteiger partial charge on any atom is -0.494 e.